The second-order valence-electron chi connectivity index (χ2n) is 5.24. The van der Waals surface area contributed by atoms with Gasteiger partial charge in [0.15, 0.2) is 0 Å². The number of piperidine rings is 1. The molecule has 0 bridgehead atoms. The van der Waals surface area contributed by atoms with Crippen molar-refractivity contribution in [3.05, 3.63) is 0 Å². The fourth-order valence-corrected chi connectivity index (χ4v) is 2.89. The number of aliphatic carboxylic acids is 1. The van der Waals surface area contributed by atoms with Crippen molar-refractivity contribution >= 4 is 11.9 Å². The van der Waals surface area contributed by atoms with Gasteiger partial charge in [-0.1, -0.05) is 0 Å². The summed E-state index contributed by atoms with van der Waals surface area (Å²) in [4.78, 5) is 27.1. The fourth-order valence-electron chi connectivity index (χ4n) is 2.89. The lowest BCUT2D eigenvalue weighted by molar-refractivity contribution is -0.152. The summed E-state index contributed by atoms with van der Waals surface area (Å²) in [6.45, 7) is 3.54. The Balaban J connectivity index is 1.83. The van der Waals surface area contributed by atoms with Crippen molar-refractivity contribution < 1.29 is 14.7 Å². The van der Waals surface area contributed by atoms with Gasteiger partial charge in [-0.25, -0.2) is 4.79 Å². The lowest BCUT2D eigenvalue weighted by Crippen LogP contribution is -2.48. The molecule has 2 saturated heterocycles. The van der Waals surface area contributed by atoms with Gasteiger partial charge >= 0.3 is 5.97 Å². The van der Waals surface area contributed by atoms with Crippen molar-refractivity contribution in [1.29, 1.82) is 0 Å². The maximum atomic E-state index is 12.1. The second-order valence-corrected chi connectivity index (χ2v) is 5.24. The molecule has 5 nitrogen and oxygen atoms in total. The molecule has 18 heavy (non-hydrogen) atoms. The standard InChI is InChI=1S/C13H22N2O3/c16-12(6-10-14-7-3-4-8-14)15-9-2-1-5-11(15)13(17)18/h11H,1-10H2,(H,17,18). The van der Waals surface area contributed by atoms with E-state index in [0.29, 0.717) is 19.4 Å². The molecular formula is C13H22N2O3. The molecule has 2 fully saturated rings. The third kappa shape index (κ3) is 3.22. The molecule has 1 N–H and O–H groups in total. The van der Waals surface area contributed by atoms with Gasteiger partial charge in [0.25, 0.3) is 0 Å². The summed E-state index contributed by atoms with van der Waals surface area (Å²) in [6.07, 6.45) is 5.34. The SMILES string of the molecule is O=C(O)C1CCCCN1C(=O)CCN1CCCC1. The lowest BCUT2D eigenvalue weighted by Gasteiger charge is -2.33. The minimum atomic E-state index is -0.857. The fraction of sp³-hybridized carbons (Fsp3) is 0.846. The number of amides is 1. The molecule has 5 heteroatoms. The van der Waals surface area contributed by atoms with E-state index < -0.39 is 12.0 Å². The summed E-state index contributed by atoms with van der Waals surface area (Å²) in [7, 11) is 0. The molecule has 1 amide bonds. The van der Waals surface area contributed by atoms with Gasteiger partial charge in [-0.05, 0) is 45.2 Å². The van der Waals surface area contributed by atoms with Gasteiger partial charge in [-0.2, -0.15) is 0 Å². The molecule has 1 unspecified atom stereocenters. The number of carbonyl (C=O) groups excluding carboxylic acids is 1. The molecule has 0 saturated carbocycles. The van der Waals surface area contributed by atoms with Crippen LogP contribution in [0, 0.1) is 0 Å². The predicted octanol–water partition coefficient (Wildman–Crippen LogP) is 0.938. The second kappa shape index (κ2) is 6.18. The van der Waals surface area contributed by atoms with Crippen molar-refractivity contribution in [2.75, 3.05) is 26.2 Å². The minimum Gasteiger partial charge on any atom is -0.480 e. The number of likely N-dealkylation sites (tertiary alicyclic amines) is 2. The molecular weight excluding hydrogens is 232 g/mol. The first-order chi connectivity index (χ1) is 8.68. The number of carboxylic acids is 1. The third-order valence-corrected chi connectivity index (χ3v) is 3.95. The van der Waals surface area contributed by atoms with Crippen LogP contribution in [-0.4, -0.2) is 59.0 Å². The highest BCUT2D eigenvalue weighted by Crippen LogP contribution is 2.18. The summed E-state index contributed by atoms with van der Waals surface area (Å²) in [5.41, 5.74) is 0. The lowest BCUT2D eigenvalue weighted by atomic mass is 10.0. The Morgan fingerprint density at radius 1 is 1.06 bits per heavy atom. The van der Waals surface area contributed by atoms with Crippen molar-refractivity contribution in [3.63, 3.8) is 0 Å². The quantitative estimate of drug-likeness (QED) is 0.811. The zero-order valence-electron chi connectivity index (χ0n) is 10.8. The Hall–Kier alpha value is -1.10. The highest BCUT2D eigenvalue weighted by atomic mass is 16.4. The topological polar surface area (TPSA) is 60.9 Å². The van der Waals surface area contributed by atoms with Crippen LogP contribution in [0.1, 0.15) is 38.5 Å². The van der Waals surface area contributed by atoms with Crippen molar-refractivity contribution in [2.24, 2.45) is 0 Å². The van der Waals surface area contributed by atoms with E-state index in [4.69, 9.17) is 5.11 Å². The summed E-state index contributed by atoms with van der Waals surface area (Å²) in [5.74, 6) is -0.849. The Labute approximate surface area is 108 Å². The molecule has 2 aliphatic heterocycles. The Morgan fingerprint density at radius 2 is 1.72 bits per heavy atom. The van der Waals surface area contributed by atoms with Gasteiger partial charge in [-0.15, -0.1) is 0 Å². The number of carboxylic acid groups (broad SMARTS) is 1. The molecule has 0 radical (unpaired) electrons. The normalized spacial score (nSPS) is 25.3. The van der Waals surface area contributed by atoms with E-state index in [1.165, 1.54) is 12.8 Å². The van der Waals surface area contributed by atoms with Crippen LogP contribution in [0.3, 0.4) is 0 Å². The van der Waals surface area contributed by atoms with E-state index in [1.54, 1.807) is 4.90 Å². The average molecular weight is 254 g/mol. The van der Waals surface area contributed by atoms with Gasteiger partial charge in [0, 0.05) is 19.5 Å². The average Bonchev–Trinajstić information content (AvgIpc) is 2.89. The van der Waals surface area contributed by atoms with Gasteiger partial charge in [0.05, 0.1) is 0 Å². The molecule has 102 valence electrons. The predicted molar refractivity (Wildman–Crippen MR) is 67.3 cm³/mol. The largest absolute Gasteiger partial charge is 0.480 e. The smallest absolute Gasteiger partial charge is 0.326 e. The van der Waals surface area contributed by atoms with Gasteiger partial charge in [0.1, 0.15) is 6.04 Å². The summed E-state index contributed by atoms with van der Waals surface area (Å²) < 4.78 is 0. The summed E-state index contributed by atoms with van der Waals surface area (Å²) in [5, 5.41) is 9.13. The van der Waals surface area contributed by atoms with E-state index in [2.05, 4.69) is 4.90 Å². The number of carbonyl (C=O) groups is 2. The molecule has 0 aromatic carbocycles. The van der Waals surface area contributed by atoms with Crippen molar-refractivity contribution in [3.8, 4) is 0 Å². The van der Waals surface area contributed by atoms with Crippen LogP contribution in [0.5, 0.6) is 0 Å². The number of hydrogen-bond acceptors (Lipinski definition) is 3. The highest BCUT2D eigenvalue weighted by Gasteiger charge is 2.31. The summed E-state index contributed by atoms with van der Waals surface area (Å²) >= 11 is 0. The number of rotatable bonds is 4. The van der Waals surface area contributed by atoms with Gasteiger partial charge in [-0.3, -0.25) is 4.79 Å². The molecule has 2 rings (SSSR count). The molecule has 0 spiro atoms. The Morgan fingerprint density at radius 3 is 2.39 bits per heavy atom. The van der Waals surface area contributed by atoms with Crippen LogP contribution in [0.15, 0.2) is 0 Å². The zero-order valence-corrected chi connectivity index (χ0v) is 10.8. The molecule has 0 aliphatic carbocycles. The monoisotopic (exact) mass is 254 g/mol. The number of nitrogens with zero attached hydrogens (tertiary/aromatic N) is 2. The third-order valence-electron chi connectivity index (χ3n) is 3.95. The van der Waals surface area contributed by atoms with Gasteiger partial charge < -0.3 is 14.9 Å². The molecule has 0 aromatic heterocycles. The minimum absolute atomic E-state index is 0.00833. The van der Waals surface area contributed by atoms with Crippen LogP contribution >= 0.6 is 0 Å². The van der Waals surface area contributed by atoms with Crippen LogP contribution in [-0.2, 0) is 9.59 Å². The summed E-state index contributed by atoms with van der Waals surface area (Å²) in [6, 6.07) is -0.593. The van der Waals surface area contributed by atoms with Crippen molar-refractivity contribution in [1.82, 2.24) is 9.80 Å². The Kier molecular flexibility index (Phi) is 4.58. The number of hydrogen-bond donors (Lipinski definition) is 1. The van der Waals surface area contributed by atoms with Crippen LogP contribution in [0.25, 0.3) is 0 Å². The molecule has 2 aliphatic rings. The maximum absolute atomic E-state index is 12.1. The molecule has 0 aromatic rings. The van der Waals surface area contributed by atoms with Crippen molar-refractivity contribution in [2.45, 2.75) is 44.6 Å². The van der Waals surface area contributed by atoms with Crippen LogP contribution < -0.4 is 0 Å². The van der Waals surface area contributed by atoms with E-state index >= 15 is 0 Å². The van der Waals surface area contributed by atoms with Crippen LogP contribution in [0.4, 0.5) is 0 Å². The van der Waals surface area contributed by atoms with E-state index in [1.807, 2.05) is 0 Å². The first-order valence-corrected chi connectivity index (χ1v) is 6.93. The Bertz CT molecular complexity index is 313. The highest BCUT2D eigenvalue weighted by molar-refractivity contribution is 5.83. The zero-order chi connectivity index (χ0) is 13.0. The maximum Gasteiger partial charge on any atom is 0.326 e. The van der Waals surface area contributed by atoms with E-state index in [9.17, 15) is 9.59 Å². The van der Waals surface area contributed by atoms with E-state index in [0.717, 1.165) is 32.5 Å². The first-order valence-electron chi connectivity index (χ1n) is 6.93. The van der Waals surface area contributed by atoms with Gasteiger partial charge in [0.2, 0.25) is 5.91 Å². The molecule has 2 heterocycles. The molecule has 1 atom stereocenters. The first kappa shape index (κ1) is 13.3. The van der Waals surface area contributed by atoms with E-state index in [-0.39, 0.29) is 5.91 Å². The van der Waals surface area contributed by atoms with Crippen LogP contribution in [0.2, 0.25) is 0 Å².